The molecule has 2 aromatic carbocycles. The highest BCUT2D eigenvalue weighted by Gasteiger charge is 2.24. The first-order valence-corrected chi connectivity index (χ1v) is 9.47. The van der Waals surface area contributed by atoms with Crippen LogP contribution in [0.15, 0.2) is 59.1 Å². The molecule has 1 N–H and O–H groups in total. The minimum atomic E-state index is -0.810. The van der Waals surface area contributed by atoms with Gasteiger partial charge in [-0.05, 0) is 36.6 Å². The fraction of sp³-hybridized carbons (Fsp3) is 0.286. The van der Waals surface area contributed by atoms with E-state index in [2.05, 4.69) is 21.2 Å². The van der Waals surface area contributed by atoms with E-state index in [4.69, 9.17) is 4.74 Å². The molecular formula is C21H22BrNO4. The summed E-state index contributed by atoms with van der Waals surface area (Å²) in [6, 6.07) is 14.6. The van der Waals surface area contributed by atoms with Crippen LogP contribution in [0.3, 0.4) is 0 Å². The molecule has 0 fully saturated rings. The molecule has 0 heterocycles. The van der Waals surface area contributed by atoms with Gasteiger partial charge in [-0.3, -0.25) is 9.59 Å². The van der Waals surface area contributed by atoms with E-state index in [0.717, 1.165) is 4.47 Å². The Morgan fingerprint density at radius 1 is 0.963 bits per heavy atom. The van der Waals surface area contributed by atoms with Gasteiger partial charge < -0.3 is 10.1 Å². The summed E-state index contributed by atoms with van der Waals surface area (Å²) >= 11 is 3.30. The van der Waals surface area contributed by atoms with Crippen LogP contribution >= 0.6 is 15.9 Å². The van der Waals surface area contributed by atoms with Gasteiger partial charge in [0, 0.05) is 15.6 Å². The van der Waals surface area contributed by atoms with Crippen molar-refractivity contribution in [3.05, 3.63) is 70.2 Å². The van der Waals surface area contributed by atoms with Gasteiger partial charge in [0.15, 0.2) is 12.4 Å². The zero-order valence-corrected chi connectivity index (χ0v) is 16.9. The van der Waals surface area contributed by atoms with Crippen molar-refractivity contribution >= 4 is 33.6 Å². The molecule has 0 aliphatic heterocycles. The van der Waals surface area contributed by atoms with Gasteiger partial charge in [0.1, 0.15) is 6.04 Å². The Morgan fingerprint density at radius 2 is 1.59 bits per heavy atom. The van der Waals surface area contributed by atoms with Crippen LogP contribution < -0.4 is 5.32 Å². The third-order valence-corrected chi connectivity index (χ3v) is 4.37. The standard InChI is InChI=1S/C21H22BrNO4/c1-14(2)12-18(23-20(25)16-6-4-3-5-7-16)21(26)27-13-19(24)15-8-10-17(22)11-9-15/h3-11,14,18H,12-13H2,1-2H3,(H,23,25). The summed E-state index contributed by atoms with van der Waals surface area (Å²) in [5.74, 6) is -1.09. The fourth-order valence-electron chi connectivity index (χ4n) is 2.47. The van der Waals surface area contributed by atoms with E-state index >= 15 is 0 Å². The molecule has 1 unspecified atom stereocenters. The molecule has 0 aliphatic rings. The van der Waals surface area contributed by atoms with Crippen LogP contribution in [-0.4, -0.2) is 30.3 Å². The van der Waals surface area contributed by atoms with Crippen LogP contribution in [0, 0.1) is 5.92 Å². The van der Waals surface area contributed by atoms with Crippen molar-refractivity contribution in [1.29, 1.82) is 0 Å². The maximum Gasteiger partial charge on any atom is 0.329 e. The van der Waals surface area contributed by atoms with E-state index in [1.807, 2.05) is 19.9 Å². The smallest absolute Gasteiger partial charge is 0.329 e. The maximum absolute atomic E-state index is 12.4. The molecule has 5 nitrogen and oxygen atoms in total. The van der Waals surface area contributed by atoms with Gasteiger partial charge in [-0.15, -0.1) is 0 Å². The van der Waals surface area contributed by atoms with Crippen LogP contribution in [0.2, 0.25) is 0 Å². The molecule has 2 aromatic rings. The average molecular weight is 432 g/mol. The number of esters is 1. The van der Waals surface area contributed by atoms with E-state index in [1.54, 1.807) is 48.5 Å². The largest absolute Gasteiger partial charge is 0.456 e. The minimum Gasteiger partial charge on any atom is -0.456 e. The number of carbonyl (C=O) groups is 3. The van der Waals surface area contributed by atoms with E-state index in [1.165, 1.54) is 0 Å². The minimum absolute atomic E-state index is 0.167. The van der Waals surface area contributed by atoms with Crippen LogP contribution in [0.1, 0.15) is 41.0 Å². The second kappa shape index (κ2) is 10.0. The van der Waals surface area contributed by atoms with Crippen molar-refractivity contribution in [3.8, 4) is 0 Å². The van der Waals surface area contributed by atoms with Crippen LogP contribution in [0.4, 0.5) is 0 Å². The Kier molecular flexibility index (Phi) is 7.73. The zero-order chi connectivity index (χ0) is 19.8. The topological polar surface area (TPSA) is 72.5 Å². The number of Topliss-reactive ketones (excluding diaryl/α,β-unsaturated/α-hetero) is 1. The maximum atomic E-state index is 12.4. The molecule has 6 heteroatoms. The molecule has 0 radical (unpaired) electrons. The van der Waals surface area contributed by atoms with Crippen molar-refractivity contribution in [1.82, 2.24) is 5.32 Å². The molecule has 27 heavy (non-hydrogen) atoms. The summed E-state index contributed by atoms with van der Waals surface area (Å²) in [6.07, 6.45) is 0.421. The number of ether oxygens (including phenoxy) is 1. The van der Waals surface area contributed by atoms with E-state index < -0.39 is 12.0 Å². The van der Waals surface area contributed by atoms with Crippen molar-refractivity contribution in [2.45, 2.75) is 26.3 Å². The van der Waals surface area contributed by atoms with E-state index in [0.29, 0.717) is 17.5 Å². The van der Waals surface area contributed by atoms with Gasteiger partial charge in [0.25, 0.3) is 5.91 Å². The number of carbonyl (C=O) groups excluding carboxylic acids is 3. The molecule has 2 rings (SSSR count). The first kappa shape index (κ1) is 20.8. The van der Waals surface area contributed by atoms with Gasteiger partial charge in [-0.2, -0.15) is 0 Å². The molecule has 142 valence electrons. The summed E-state index contributed by atoms with van der Waals surface area (Å²) in [4.78, 5) is 37.0. The predicted octanol–water partition coefficient (Wildman–Crippen LogP) is 4.02. The number of hydrogen-bond donors (Lipinski definition) is 1. The Hall–Kier alpha value is -2.47. The molecule has 0 saturated carbocycles. The van der Waals surface area contributed by atoms with E-state index in [-0.39, 0.29) is 24.2 Å². The molecule has 1 amide bonds. The Balaban J connectivity index is 1.98. The summed E-state index contributed by atoms with van der Waals surface area (Å²) < 4.78 is 6.03. The fourth-order valence-corrected chi connectivity index (χ4v) is 2.74. The lowest BCUT2D eigenvalue weighted by molar-refractivity contribution is -0.145. The van der Waals surface area contributed by atoms with Gasteiger partial charge in [0.2, 0.25) is 0 Å². The molecule has 0 aromatic heterocycles. The third-order valence-electron chi connectivity index (χ3n) is 3.84. The number of nitrogens with one attached hydrogen (secondary N) is 1. The number of hydrogen-bond acceptors (Lipinski definition) is 4. The van der Waals surface area contributed by atoms with Crippen molar-refractivity contribution in [2.24, 2.45) is 5.92 Å². The van der Waals surface area contributed by atoms with Gasteiger partial charge in [-0.1, -0.05) is 60.1 Å². The Bertz CT molecular complexity index is 788. The summed E-state index contributed by atoms with van der Waals surface area (Å²) in [7, 11) is 0. The van der Waals surface area contributed by atoms with Crippen LogP contribution in [-0.2, 0) is 9.53 Å². The first-order chi connectivity index (χ1) is 12.9. The zero-order valence-electron chi connectivity index (χ0n) is 15.3. The van der Waals surface area contributed by atoms with Gasteiger partial charge in [-0.25, -0.2) is 4.79 Å². The van der Waals surface area contributed by atoms with Crippen LogP contribution in [0.25, 0.3) is 0 Å². The molecular weight excluding hydrogens is 410 g/mol. The summed E-state index contributed by atoms with van der Waals surface area (Å²) in [5.41, 5.74) is 0.921. The third kappa shape index (κ3) is 6.64. The van der Waals surface area contributed by atoms with E-state index in [9.17, 15) is 14.4 Å². The highest BCUT2D eigenvalue weighted by Crippen LogP contribution is 2.12. The van der Waals surface area contributed by atoms with Crippen LogP contribution in [0.5, 0.6) is 0 Å². The number of benzene rings is 2. The second-order valence-electron chi connectivity index (χ2n) is 6.56. The number of rotatable bonds is 8. The molecule has 0 saturated heterocycles. The highest BCUT2D eigenvalue weighted by molar-refractivity contribution is 9.10. The Morgan fingerprint density at radius 3 is 2.19 bits per heavy atom. The van der Waals surface area contributed by atoms with Crippen molar-refractivity contribution in [3.63, 3.8) is 0 Å². The Labute approximate surface area is 167 Å². The molecule has 1 atom stereocenters. The van der Waals surface area contributed by atoms with Crippen molar-refractivity contribution < 1.29 is 19.1 Å². The number of halogens is 1. The number of amides is 1. The first-order valence-electron chi connectivity index (χ1n) is 8.68. The molecule has 0 bridgehead atoms. The number of ketones is 1. The lowest BCUT2D eigenvalue weighted by Gasteiger charge is -2.19. The average Bonchev–Trinajstić information content (AvgIpc) is 2.66. The lowest BCUT2D eigenvalue weighted by Crippen LogP contribution is -2.43. The SMILES string of the molecule is CC(C)CC(NC(=O)c1ccccc1)C(=O)OCC(=O)c1ccc(Br)cc1. The van der Waals surface area contributed by atoms with Crippen molar-refractivity contribution in [2.75, 3.05) is 6.61 Å². The summed E-state index contributed by atoms with van der Waals surface area (Å²) in [5, 5.41) is 2.70. The predicted molar refractivity (Wildman–Crippen MR) is 107 cm³/mol. The normalized spacial score (nSPS) is 11.7. The molecule has 0 spiro atoms. The second-order valence-corrected chi connectivity index (χ2v) is 7.48. The quantitative estimate of drug-likeness (QED) is 0.505. The van der Waals surface area contributed by atoms with Gasteiger partial charge >= 0.3 is 5.97 Å². The van der Waals surface area contributed by atoms with Gasteiger partial charge in [0.05, 0.1) is 0 Å². The molecule has 0 aliphatic carbocycles. The lowest BCUT2D eigenvalue weighted by atomic mass is 10.0. The highest BCUT2D eigenvalue weighted by atomic mass is 79.9. The monoisotopic (exact) mass is 431 g/mol. The summed E-state index contributed by atoms with van der Waals surface area (Å²) in [6.45, 7) is 3.53.